The molecule has 86 valence electrons. The second-order valence-electron chi connectivity index (χ2n) is 2.95. The summed E-state index contributed by atoms with van der Waals surface area (Å²) in [4.78, 5) is 10.5. The van der Waals surface area contributed by atoms with Crippen molar-refractivity contribution < 1.29 is 13.2 Å². The first-order valence-electron chi connectivity index (χ1n) is 4.56. The molecular weight excluding hydrogens is 218 g/mol. The number of sulfonamides is 1. The summed E-state index contributed by atoms with van der Waals surface area (Å²) in [6, 6.07) is 1.70. The van der Waals surface area contributed by atoms with Crippen LogP contribution in [0.1, 0.15) is 20.3 Å². The molecule has 0 heterocycles. The molecule has 0 rings (SSSR count). The van der Waals surface area contributed by atoms with Gasteiger partial charge in [0.05, 0.1) is 6.07 Å². The Balaban J connectivity index is 4.06. The third-order valence-electron chi connectivity index (χ3n) is 1.69. The van der Waals surface area contributed by atoms with Gasteiger partial charge >= 0.3 is 0 Å². The minimum Gasteiger partial charge on any atom is -0.355 e. The van der Waals surface area contributed by atoms with Crippen molar-refractivity contribution in [3.63, 3.8) is 0 Å². The second kappa shape index (κ2) is 6.37. The molecule has 0 radical (unpaired) electrons. The summed E-state index contributed by atoms with van der Waals surface area (Å²) in [7, 11) is -3.58. The maximum atomic E-state index is 11.4. The van der Waals surface area contributed by atoms with Crippen molar-refractivity contribution in [1.29, 1.82) is 5.26 Å². The highest BCUT2D eigenvalue weighted by molar-refractivity contribution is 7.90. The molecule has 0 aliphatic carbocycles. The van der Waals surface area contributed by atoms with Crippen molar-refractivity contribution in [2.75, 3.05) is 13.1 Å². The number of hydrogen-bond acceptors (Lipinski definition) is 4. The lowest BCUT2D eigenvalue weighted by molar-refractivity contribution is -0.118. The minimum absolute atomic E-state index is 0.0973. The number of carbonyl (C=O) groups excluding carboxylic acids is 1. The first-order valence-corrected chi connectivity index (χ1v) is 6.11. The van der Waals surface area contributed by atoms with E-state index in [1.165, 1.54) is 6.92 Å². The molecule has 0 saturated carbocycles. The number of rotatable bonds is 6. The van der Waals surface area contributed by atoms with Gasteiger partial charge in [-0.2, -0.15) is 5.26 Å². The van der Waals surface area contributed by atoms with Gasteiger partial charge in [-0.05, 0) is 6.42 Å². The number of carbonyl (C=O) groups is 1. The number of nitrogens with zero attached hydrogens (tertiary/aromatic N) is 1. The monoisotopic (exact) mass is 233 g/mol. The molecule has 0 spiro atoms. The standard InChI is InChI=1S/C8H15N3O3S/c1-3-8(6-9)15(13,14)11-5-4-10-7(2)12/h8,11H,3-5H2,1-2H3,(H,10,12). The van der Waals surface area contributed by atoms with E-state index in [-0.39, 0.29) is 25.4 Å². The molecule has 0 bridgehead atoms. The lowest BCUT2D eigenvalue weighted by Crippen LogP contribution is -2.38. The van der Waals surface area contributed by atoms with Crippen LogP contribution in [0.15, 0.2) is 0 Å². The molecule has 0 saturated heterocycles. The van der Waals surface area contributed by atoms with Crippen molar-refractivity contribution in [3.05, 3.63) is 0 Å². The van der Waals surface area contributed by atoms with E-state index in [0.29, 0.717) is 0 Å². The fraction of sp³-hybridized carbons (Fsp3) is 0.750. The van der Waals surface area contributed by atoms with Gasteiger partial charge in [0.25, 0.3) is 0 Å². The van der Waals surface area contributed by atoms with Crippen LogP contribution in [-0.4, -0.2) is 32.7 Å². The van der Waals surface area contributed by atoms with Gasteiger partial charge in [0.1, 0.15) is 0 Å². The number of amides is 1. The Morgan fingerprint density at radius 2 is 2.07 bits per heavy atom. The summed E-state index contributed by atoms with van der Waals surface area (Å²) in [5, 5.41) is 9.98. The van der Waals surface area contributed by atoms with Gasteiger partial charge in [-0.3, -0.25) is 4.79 Å². The Kier molecular flexibility index (Phi) is 5.89. The van der Waals surface area contributed by atoms with Crippen LogP contribution in [-0.2, 0) is 14.8 Å². The molecule has 1 amide bonds. The van der Waals surface area contributed by atoms with Crippen LogP contribution < -0.4 is 10.0 Å². The smallest absolute Gasteiger partial charge is 0.228 e. The quantitative estimate of drug-likeness (QED) is 0.595. The van der Waals surface area contributed by atoms with Gasteiger partial charge in [0.15, 0.2) is 5.25 Å². The molecule has 0 aromatic carbocycles. The molecular formula is C8H15N3O3S. The second-order valence-corrected chi connectivity index (χ2v) is 4.90. The van der Waals surface area contributed by atoms with Crippen molar-refractivity contribution in [1.82, 2.24) is 10.0 Å². The largest absolute Gasteiger partial charge is 0.355 e. The number of nitriles is 1. The minimum atomic E-state index is -3.58. The molecule has 0 aromatic rings. The Bertz CT molecular complexity index is 345. The SMILES string of the molecule is CCC(C#N)S(=O)(=O)NCCNC(C)=O. The van der Waals surface area contributed by atoms with E-state index >= 15 is 0 Å². The third-order valence-corrected chi connectivity index (χ3v) is 3.49. The predicted octanol–water partition coefficient (Wildman–Crippen LogP) is -0.656. The van der Waals surface area contributed by atoms with E-state index in [2.05, 4.69) is 10.0 Å². The summed E-state index contributed by atoms with van der Waals surface area (Å²) in [6.45, 7) is 3.29. The van der Waals surface area contributed by atoms with E-state index in [0.717, 1.165) is 0 Å². The van der Waals surface area contributed by atoms with Crippen LogP contribution >= 0.6 is 0 Å². The first-order chi connectivity index (χ1) is 6.94. The maximum absolute atomic E-state index is 11.4. The van der Waals surface area contributed by atoms with Crippen LogP contribution in [0.3, 0.4) is 0 Å². The van der Waals surface area contributed by atoms with E-state index in [9.17, 15) is 13.2 Å². The van der Waals surface area contributed by atoms with Gasteiger partial charge in [-0.25, -0.2) is 13.1 Å². The summed E-state index contributed by atoms with van der Waals surface area (Å²) in [6.07, 6.45) is 0.242. The Morgan fingerprint density at radius 1 is 1.47 bits per heavy atom. The van der Waals surface area contributed by atoms with E-state index in [4.69, 9.17) is 5.26 Å². The number of hydrogen-bond donors (Lipinski definition) is 2. The van der Waals surface area contributed by atoms with Crippen molar-refractivity contribution in [3.8, 4) is 6.07 Å². The summed E-state index contributed by atoms with van der Waals surface area (Å²) >= 11 is 0. The van der Waals surface area contributed by atoms with Gasteiger partial charge in [0.2, 0.25) is 15.9 Å². The summed E-state index contributed by atoms with van der Waals surface area (Å²) in [5.41, 5.74) is 0. The fourth-order valence-corrected chi connectivity index (χ4v) is 2.08. The molecule has 0 aromatic heterocycles. The van der Waals surface area contributed by atoms with E-state index in [1.807, 2.05) is 0 Å². The zero-order chi connectivity index (χ0) is 11.9. The predicted molar refractivity (Wildman–Crippen MR) is 55.3 cm³/mol. The summed E-state index contributed by atoms with van der Waals surface area (Å²) < 4.78 is 25.0. The molecule has 7 heteroatoms. The summed E-state index contributed by atoms with van der Waals surface area (Å²) in [5.74, 6) is -0.221. The normalized spacial score (nSPS) is 12.9. The fourth-order valence-electron chi connectivity index (χ4n) is 0.913. The molecule has 0 aliphatic rings. The van der Waals surface area contributed by atoms with Crippen LogP contribution in [0, 0.1) is 11.3 Å². The highest BCUT2D eigenvalue weighted by Gasteiger charge is 2.22. The Morgan fingerprint density at radius 3 is 2.47 bits per heavy atom. The van der Waals surface area contributed by atoms with Gasteiger partial charge in [-0.15, -0.1) is 0 Å². The van der Waals surface area contributed by atoms with Gasteiger partial charge < -0.3 is 5.32 Å². The Hall–Kier alpha value is -1.13. The average molecular weight is 233 g/mol. The van der Waals surface area contributed by atoms with Crippen molar-refractivity contribution >= 4 is 15.9 Å². The van der Waals surface area contributed by atoms with Crippen LogP contribution in [0.5, 0.6) is 0 Å². The van der Waals surface area contributed by atoms with Crippen molar-refractivity contribution in [2.45, 2.75) is 25.5 Å². The molecule has 0 aliphatic heterocycles. The third kappa shape index (κ3) is 5.34. The van der Waals surface area contributed by atoms with Gasteiger partial charge in [0, 0.05) is 20.0 Å². The van der Waals surface area contributed by atoms with Crippen LogP contribution in [0.2, 0.25) is 0 Å². The molecule has 1 atom stereocenters. The lowest BCUT2D eigenvalue weighted by atomic mass is 10.4. The van der Waals surface area contributed by atoms with Crippen LogP contribution in [0.4, 0.5) is 0 Å². The Labute approximate surface area is 89.7 Å². The zero-order valence-electron chi connectivity index (χ0n) is 8.78. The van der Waals surface area contributed by atoms with E-state index < -0.39 is 15.3 Å². The van der Waals surface area contributed by atoms with E-state index in [1.54, 1.807) is 13.0 Å². The molecule has 2 N–H and O–H groups in total. The molecule has 1 unspecified atom stereocenters. The van der Waals surface area contributed by atoms with Gasteiger partial charge in [-0.1, -0.05) is 6.92 Å². The topological polar surface area (TPSA) is 99.1 Å². The maximum Gasteiger partial charge on any atom is 0.228 e. The zero-order valence-corrected chi connectivity index (χ0v) is 9.60. The first kappa shape index (κ1) is 13.9. The van der Waals surface area contributed by atoms with Crippen molar-refractivity contribution in [2.24, 2.45) is 0 Å². The molecule has 6 nitrogen and oxygen atoms in total. The highest BCUT2D eigenvalue weighted by Crippen LogP contribution is 2.01. The molecule has 15 heavy (non-hydrogen) atoms. The average Bonchev–Trinajstić information content (AvgIpc) is 2.14. The number of nitrogens with one attached hydrogen (secondary N) is 2. The lowest BCUT2D eigenvalue weighted by Gasteiger charge is -2.09. The highest BCUT2D eigenvalue weighted by atomic mass is 32.2. The van der Waals surface area contributed by atoms with Crippen LogP contribution in [0.25, 0.3) is 0 Å². The molecule has 0 fully saturated rings.